The van der Waals surface area contributed by atoms with Gasteiger partial charge >= 0.3 is 0 Å². The van der Waals surface area contributed by atoms with E-state index < -0.39 is 0 Å². The lowest BCUT2D eigenvalue weighted by atomic mass is 9.88. The summed E-state index contributed by atoms with van der Waals surface area (Å²) in [5, 5.41) is 3.41. The third-order valence-electron chi connectivity index (χ3n) is 7.75. The lowest BCUT2D eigenvalue weighted by Crippen LogP contribution is -2.39. The molecule has 10 heteroatoms. The van der Waals surface area contributed by atoms with Crippen molar-refractivity contribution in [2.24, 2.45) is 0 Å². The summed E-state index contributed by atoms with van der Waals surface area (Å²) in [5.74, 6) is -0.0154. The van der Waals surface area contributed by atoms with Crippen molar-refractivity contribution in [1.29, 1.82) is 0 Å². The Bertz CT molecular complexity index is 1730. The van der Waals surface area contributed by atoms with Crippen molar-refractivity contribution in [3.8, 4) is 11.3 Å². The Morgan fingerprint density at radius 1 is 1.17 bits per heavy atom. The number of fused-ring (bicyclic) bond motifs is 2. The van der Waals surface area contributed by atoms with Crippen LogP contribution >= 0.6 is 11.9 Å². The second-order valence-electron chi connectivity index (χ2n) is 10.2. The molecular formula is C31H30FN5O3S. The van der Waals surface area contributed by atoms with Crippen LogP contribution in [-0.4, -0.2) is 60.1 Å². The molecule has 0 spiro atoms. The number of imidazole rings is 1. The molecule has 2 N–H and O–H groups in total. The molecule has 0 radical (unpaired) electrons. The standard InChI is InChI=1S/C31H30FN5O3S/c1-33-30(38)27-22-15-21(25(36(2)41-3)16-26(22)40-28(27)18-10-12-20(32)13-11-18)19-7-6-14-37(17-19)31(39)29-34-23-8-4-5-9-24(23)35-29/h4-5,8-13,15-16,19H,6-7,14,17H2,1-3H3,(H,33,38)(H,34,35)/t19-/m0/s1. The van der Waals surface area contributed by atoms with Gasteiger partial charge in [-0.15, -0.1) is 0 Å². The molecule has 0 bridgehead atoms. The minimum atomic E-state index is -0.364. The van der Waals surface area contributed by atoms with Gasteiger partial charge in [0.1, 0.15) is 17.2 Å². The van der Waals surface area contributed by atoms with Gasteiger partial charge in [-0.3, -0.25) is 9.59 Å². The summed E-state index contributed by atoms with van der Waals surface area (Å²) in [7, 11) is 3.56. The van der Waals surface area contributed by atoms with Gasteiger partial charge in [0, 0.05) is 56.4 Å². The van der Waals surface area contributed by atoms with Crippen LogP contribution in [0.1, 0.15) is 45.3 Å². The third-order valence-corrected chi connectivity index (χ3v) is 8.50. The van der Waals surface area contributed by atoms with E-state index in [1.807, 2.05) is 54.6 Å². The minimum absolute atomic E-state index is 0.0350. The van der Waals surface area contributed by atoms with Crippen molar-refractivity contribution in [2.75, 3.05) is 37.7 Å². The molecule has 0 aliphatic carbocycles. The van der Waals surface area contributed by atoms with Gasteiger partial charge in [0.05, 0.1) is 22.3 Å². The number of carbonyl (C=O) groups is 2. The number of furan rings is 1. The van der Waals surface area contributed by atoms with Gasteiger partial charge in [-0.2, -0.15) is 0 Å². The zero-order valence-electron chi connectivity index (χ0n) is 23.0. The van der Waals surface area contributed by atoms with Crippen LogP contribution in [0.5, 0.6) is 0 Å². The number of para-hydroxylation sites is 2. The van der Waals surface area contributed by atoms with Crippen molar-refractivity contribution in [3.05, 3.63) is 83.4 Å². The topological polar surface area (TPSA) is 94.5 Å². The number of piperidine rings is 1. The van der Waals surface area contributed by atoms with Crippen LogP contribution in [0, 0.1) is 5.82 Å². The zero-order chi connectivity index (χ0) is 28.7. The fourth-order valence-corrected chi connectivity index (χ4v) is 5.98. The predicted molar refractivity (Wildman–Crippen MR) is 161 cm³/mol. The van der Waals surface area contributed by atoms with Crippen LogP contribution in [0.15, 0.2) is 65.1 Å². The van der Waals surface area contributed by atoms with E-state index in [2.05, 4.69) is 19.6 Å². The maximum atomic E-state index is 13.7. The number of aromatic amines is 1. The molecule has 210 valence electrons. The van der Waals surface area contributed by atoms with Gasteiger partial charge in [-0.25, -0.2) is 9.37 Å². The van der Waals surface area contributed by atoms with Crippen LogP contribution in [0.3, 0.4) is 0 Å². The van der Waals surface area contributed by atoms with Crippen LogP contribution in [-0.2, 0) is 0 Å². The van der Waals surface area contributed by atoms with Crippen LogP contribution in [0.4, 0.5) is 10.1 Å². The van der Waals surface area contributed by atoms with Crippen molar-refractivity contribution >= 4 is 51.5 Å². The summed E-state index contributed by atoms with van der Waals surface area (Å²) in [5.41, 5.74) is 5.16. The maximum Gasteiger partial charge on any atom is 0.289 e. The predicted octanol–water partition coefficient (Wildman–Crippen LogP) is 6.21. The number of hydrogen-bond donors (Lipinski definition) is 2. The van der Waals surface area contributed by atoms with E-state index in [9.17, 15) is 14.0 Å². The summed E-state index contributed by atoms with van der Waals surface area (Å²) < 4.78 is 22.0. The van der Waals surface area contributed by atoms with Gasteiger partial charge in [0.25, 0.3) is 11.8 Å². The van der Waals surface area contributed by atoms with E-state index in [1.54, 1.807) is 31.1 Å². The Balaban J connectivity index is 1.42. The molecular weight excluding hydrogens is 541 g/mol. The molecule has 2 amide bonds. The van der Waals surface area contributed by atoms with E-state index in [4.69, 9.17) is 4.42 Å². The smallest absolute Gasteiger partial charge is 0.289 e. The Labute approximate surface area is 241 Å². The number of aromatic nitrogens is 2. The second kappa shape index (κ2) is 10.9. The highest BCUT2D eigenvalue weighted by molar-refractivity contribution is 7.99. The average molecular weight is 572 g/mol. The second-order valence-corrected chi connectivity index (χ2v) is 11.1. The number of rotatable bonds is 6. The van der Waals surface area contributed by atoms with Crippen LogP contribution in [0.25, 0.3) is 33.3 Å². The lowest BCUT2D eigenvalue weighted by Gasteiger charge is -2.34. The van der Waals surface area contributed by atoms with Crippen molar-refractivity contribution in [1.82, 2.24) is 20.2 Å². The maximum absolute atomic E-state index is 13.7. The highest BCUT2D eigenvalue weighted by Crippen LogP contribution is 2.42. The molecule has 6 rings (SSSR count). The van der Waals surface area contributed by atoms with Gasteiger partial charge in [0.15, 0.2) is 5.82 Å². The lowest BCUT2D eigenvalue weighted by molar-refractivity contribution is 0.0696. The molecule has 1 aliphatic heterocycles. The van der Waals surface area contributed by atoms with E-state index in [-0.39, 0.29) is 23.5 Å². The first-order valence-electron chi connectivity index (χ1n) is 13.5. The summed E-state index contributed by atoms with van der Waals surface area (Å²) in [6.07, 6.45) is 3.72. The Hall–Kier alpha value is -4.31. The number of halogens is 1. The molecule has 41 heavy (non-hydrogen) atoms. The van der Waals surface area contributed by atoms with E-state index in [1.165, 1.54) is 12.1 Å². The number of carbonyl (C=O) groups excluding carboxylic acids is 2. The van der Waals surface area contributed by atoms with E-state index in [0.29, 0.717) is 46.8 Å². The molecule has 3 heterocycles. The first-order valence-corrected chi connectivity index (χ1v) is 14.7. The van der Waals surface area contributed by atoms with Crippen LogP contribution < -0.4 is 9.62 Å². The number of hydrogen-bond acceptors (Lipinski definition) is 6. The Morgan fingerprint density at radius 2 is 1.95 bits per heavy atom. The number of anilines is 1. The van der Waals surface area contributed by atoms with E-state index in [0.717, 1.165) is 35.1 Å². The quantitative estimate of drug-likeness (QED) is 0.236. The summed E-state index contributed by atoms with van der Waals surface area (Å²) >= 11 is 1.57. The molecule has 5 aromatic rings. The fourth-order valence-electron chi connectivity index (χ4n) is 5.62. The monoisotopic (exact) mass is 571 g/mol. The largest absolute Gasteiger partial charge is 0.455 e. The molecule has 1 fully saturated rings. The fraction of sp³-hybridized carbons (Fsp3) is 0.258. The van der Waals surface area contributed by atoms with Crippen molar-refractivity contribution < 1.29 is 18.4 Å². The number of nitrogens with one attached hydrogen (secondary N) is 2. The zero-order valence-corrected chi connectivity index (χ0v) is 23.8. The third kappa shape index (κ3) is 4.93. The molecule has 8 nitrogen and oxygen atoms in total. The van der Waals surface area contributed by atoms with E-state index >= 15 is 0 Å². The van der Waals surface area contributed by atoms with Crippen molar-refractivity contribution in [2.45, 2.75) is 18.8 Å². The molecule has 1 aliphatic rings. The molecule has 1 saturated heterocycles. The van der Waals surface area contributed by atoms with Crippen molar-refractivity contribution in [3.63, 3.8) is 0 Å². The molecule has 0 unspecified atom stereocenters. The normalized spacial score (nSPS) is 15.4. The van der Waals surface area contributed by atoms with Gasteiger partial charge < -0.3 is 23.9 Å². The molecule has 2 aromatic heterocycles. The first-order chi connectivity index (χ1) is 19.9. The average Bonchev–Trinajstić information content (AvgIpc) is 3.61. The Kier molecular flexibility index (Phi) is 7.17. The minimum Gasteiger partial charge on any atom is -0.455 e. The van der Waals surface area contributed by atoms with Gasteiger partial charge in [0.2, 0.25) is 0 Å². The number of benzene rings is 3. The SMILES string of the molecule is CNC(=O)c1c(-c2ccc(F)cc2)oc2cc(N(C)SC)c([C@H]3CCCN(C(=O)c4nc5ccccc5[nH]4)C3)cc12. The number of amides is 2. The number of likely N-dealkylation sites (tertiary alicyclic amines) is 1. The van der Waals surface area contributed by atoms with Gasteiger partial charge in [-0.05, 0) is 60.9 Å². The van der Waals surface area contributed by atoms with Gasteiger partial charge in [-0.1, -0.05) is 24.1 Å². The highest BCUT2D eigenvalue weighted by Gasteiger charge is 2.31. The Morgan fingerprint density at radius 3 is 2.68 bits per heavy atom. The summed E-state index contributed by atoms with van der Waals surface area (Å²) in [6.45, 7) is 1.17. The summed E-state index contributed by atoms with van der Waals surface area (Å²) in [6, 6.07) is 17.5. The number of H-pyrrole nitrogens is 1. The summed E-state index contributed by atoms with van der Waals surface area (Å²) in [4.78, 5) is 36.2. The highest BCUT2D eigenvalue weighted by atomic mass is 32.2. The van der Waals surface area contributed by atoms with Crippen LogP contribution in [0.2, 0.25) is 0 Å². The molecule has 1 atom stereocenters. The molecule has 3 aromatic carbocycles. The first kappa shape index (κ1) is 26.9. The molecule has 0 saturated carbocycles. The number of nitrogens with zero attached hydrogens (tertiary/aromatic N) is 3.